The lowest BCUT2D eigenvalue weighted by molar-refractivity contribution is 0.267. The van der Waals surface area contributed by atoms with Gasteiger partial charge in [-0.2, -0.15) is 0 Å². The summed E-state index contributed by atoms with van der Waals surface area (Å²) in [6.45, 7) is 0.301. The number of hydrogen-bond donors (Lipinski definition) is 1. The Morgan fingerprint density at radius 2 is 1.95 bits per heavy atom. The molecule has 0 bridgehead atoms. The highest BCUT2D eigenvalue weighted by Gasteiger charge is 2.06. The quantitative estimate of drug-likeness (QED) is 0.569. The number of ether oxygens (including phenoxy) is 1. The SMILES string of the molecule is Nc1ccc2oc(COc3ccc(I)cc3)nc2c1. The van der Waals surface area contributed by atoms with Gasteiger partial charge in [0.15, 0.2) is 12.2 Å². The topological polar surface area (TPSA) is 61.3 Å². The highest BCUT2D eigenvalue weighted by Crippen LogP contribution is 2.20. The summed E-state index contributed by atoms with van der Waals surface area (Å²) >= 11 is 2.25. The summed E-state index contributed by atoms with van der Waals surface area (Å²) in [7, 11) is 0. The lowest BCUT2D eigenvalue weighted by atomic mass is 10.3. The van der Waals surface area contributed by atoms with Crippen LogP contribution in [0.3, 0.4) is 0 Å². The minimum atomic E-state index is 0.301. The molecule has 3 rings (SSSR count). The van der Waals surface area contributed by atoms with Crippen LogP contribution in [0.4, 0.5) is 5.69 Å². The summed E-state index contributed by atoms with van der Waals surface area (Å²) < 4.78 is 12.4. The van der Waals surface area contributed by atoms with Gasteiger partial charge in [0, 0.05) is 9.26 Å². The zero-order valence-corrected chi connectivity index (χ0v) is 12.1. The number of nitrogens with two attached hydrogens (primary N) is 1. The van der Waals surface area contributed by atoms with Crippen LogP contribution in [0.15, 0.2) is 46.9 Å². The summed E-state index contributed by atoms with van der Waals surface area (Å²) in [5, 5.41) is 0. The van der Waals surface area contributed by atoms with Gasteiger partial charge in [0.2, 0.25) is 5.89 Å². The van der Waals surface area contributed by atoms with Crippen molar-refractivity contribution in [2.75, 3.05) is 5.73 Å². The van der Waals surface area contributed by atoms with Gasteiger partial charge in [0.05, 0.1) is 0 Å². The second-order valence-corrected chi connectivity index (χ2v) is 5.32. The molecular formula is C14H11IN2O2. The van der Waals surface area contributed by atoms with Gasteiger partial charge in [-0.3, -0.25) is 0 Å². The van der Waals surface area contributed by atoms with Gasteiger partial charge in [-0.15, -0.1) is 0 Å². The molecule has 0 saturated carbocycles. The van der Waals surface area contributed by atoms with E-state index in [0.29, 0.717) is 18.2 Å². The maximum Gasteiger partial charge on any atom is 0.233 e. The first-order valence-electron chi connectivity index (χ1n) is 5.74. The van der Waals surface area contributed by atoms with Crippen LogP contribution in [-0.4, -0.2) is 4.98 Å². The molecule has 4 nitrogen and oxygen atoms in total. The normalized spacial score (nSPS) is 10.8. The van der Waals surface area contributed by atoms with E-state index in [-0.39, 0.29) is 0 Å². The van der Waals surface area contributed by atoms with Gasteiger partial charge in [-0.05, 0) is 65.1 Å². The standard InChI is InChI=1S/C14H11IN2O2/c15-9-1-4-11(5-2-9)18-8-14-17-12-7-10(16)3-6-13(12)19-14/h1-7H,8,16H2. The molecule has 19 heavy (non-hydrogen) atoms. The number of benzene rings is 2. The van der Waals surface area contributed by atoms with Gasteiger partial charge in [0.1, 0.15) is 11.3 Å². The van der Waals surface area contributed by atoms with Crippen molar-refractivity contribution >= 4 is 39.4 Å². The molecule has 0 fully saturated rings. The van der Waals surface area contributed by atoms with E-state index in [0.717, 1.165) is 16.8 Å². The van der Waals surface area contributed by atoms with Crippen LogP contribution >= 0.6 is 22.6 Å². The van der Waals surface area contributed by atoms with Crippen molar-refractivity contribution in [1.82, 2.24) is 4.98 Å². The lowest BCUT2D eigenvalue weighted by Gasteiger charge is -2.02. The van der Waals surface area contributed by atoms with Crippen molar-refractivity contribution in [2.24, 2.45) is 0 Å². The molecule has 96 valence electrons. The Morgan fingerprint density at radius 3 is 2.74 bits per heavy atom. The predicted octanol–water partition coefficient (Wildman–Crippen LogP) is 3.59. The summed E-state index contributed by atoms with van der Waals surface area (Å²) in [6, 6.07) is 13.2. The van der Waals surface area contributed by atoms with E-state index in [2.05, 4.69) is 27.6 Å². The van der Waals surface area contributed by atoms with Crippen LogP contribution in [0.1, 0.15) is 5.89 Å². The number of rotatable bonds is 3. The van der Waals surface area contributed by atoms with E-state index in [4.69, 9.17) is 14.9 Å². The zero-order valence-electron chi connectivity index (χ0n) is 9.97. The number of aromatic nitrogens is 1. The smallest absolute Gasteiger partial charge is 0.233 e. The first kappa shape index (κ1) is 12.3. The van der Waals surface area contributed by atoms with Gasteiger partial charge in [0.25, 0.3) is 0 Å². The molecule has 0 atom stereocenters. The van der Waals surface area contributed by atoms with Crippen molar-refractivity contribution in [1.29, 1.82) is 0 Å². The number of anilines is 1. The first-order chi connectivity index (χ1) is 9.20. The molecule has 1 aromatic heterocycles. The minimum Gasteiger partial charge on any atom is -0.484 e. The number of nitrogen functional groups attached to an aromatic ring is 1. The van der Waals surface area contributed by atoms with Gasteiger partial charge < -0.3 is 14.9 Å². The summed E-state index contributed by atoms with van der Waals surface area (Å²) in [4.78, 5) is 4.33. The molecule has 2 N–H and O–H groups in total. The molecule has 5 heteroatoms. The van der Waals surface area contributed by atoms with Crippen molar-refractivity contribution < 1.29 is 9.15 Å². The molecule has 0 amide bonds. The molecule has 3 aromatic rings. The van der Waals surface area contributed by atoms with E-state index in [9.17, 15) is 0 Å². The maximum atomic E-state index is 5.70. The lowest BCUT2D eigenvalue weighted by Crippen LogP contribution is -1.95. The number of fused-ring (bicyclic) bond motifs is 1. The summed E-state index contributed by atoms with van der Waals surface area (Å²) in [5.41, 5.74) is 7.84. The Labute approximate surface area is 123 Å². The van der Waals surface area contributed by atoms with Crippen molar-refractivity contribution in [3.63, 3.8) is 0 Å². The number of halogens is 1. The molecule has 1 heterocycles. The van der Waals surface area contributed by atoms with E-state index >= 15 is 0 Å². The van der Waals surface area contributed by atoms with Crippen LogP contribution in [0, 0.1) is 3.57 Å². The van der Waals surface area contributed by atoms with E-state index in [1.54, 1.807) is 12.1 Å². The average molecular weight is 366 g/mol. The van der Waals surface area contributed by atoms with Crippen LogP contribution in [0.5, 0.6) is 5.75 Å². The Balaban J connectivity index is 1.76. The fourth-order valence-electron chi connectivity index (χ4n) is 1.73. The van der Waals surface area contributed by atoms with Gasteiger partial charge in [-0.25, -0.2) is 4.98 Å². The van der Waals surface area contributed by atoms with Crippen LogP contribution in [0.25, 0.3) is 11.1 Å². The van der Waals surface area contributed by atoms with Crippen LogP contribution in [0.2, 0.25) is 0 Å². The van der Waals surface area contributed by atoms with Crippen LogP contribution in [-0.2, 0) is 6.61 Å². The molecule has 2 aromatic carbocycles. The third-order valence-electron chi connectivity index (χ3n) is 2.63. The molecular weight excluding hydrogens is 355 g/mol. The first-order valence-corrected chi connectivity index (χ1v) is 6.82. The van der Waals surface area contributed by atoms with Crippen molar-refractivity contribution in [2.45, 2.75) is 6.61 Å². The third-order valence-corrected chi connectivity index (χ3v) is 3.35. The maximum absolute atomic E-state index is 5.70. The van der Waals surface area contributed by atoms with Crippen LogP contribution < -0.4 is 10.5 Å². The highest BCUT2D eigenvalue weighted by molar-refractivity contribution is 14.1. The van der Waals surface area contributed by atoms with E-state index in [1.165, 1.54) is 3.57 Å². The van der Waals surface area contributed by atoms with Gasteiger partial charge >= 0.3 is 0 Å². The zero-order chi connectivity index (χ0) is 13.2. The molecule has 0 aliphatic rings. The Hall–Kier alpha value is -1.76. The third kappa shape index (κ3) is 2.81. The second-order valence-electron chi connectivity index (χ2n) is 4.08. The number of nitrogens with zero attached hydrogens (tertiary/aromatic N) is 1. The van der Waals surface area contributed by atoms with E-state index < -0.39 is 0 Å². The van der Waals surface area contributed by atoms with E-state index in [1.807, 2.05) is 30.3 Å². The molecule has 0 aliphatic carbocycles. The largest absolute Gasteiger partial charge is 0.484 e. The predicted molar refractivity (Wildman–Crippen MR) is 81.9 cm³/mol. The van der Waals surface area contributed by atoms with Crippen molar-refractivity contribution in [3.8, 4) is 5.75 Å². The molecule has 0 radical (unpaired) electrons. The second kappa shape index (κ2) is 5.08. The Kier molecular flexibility index (Phi) is 3.29. The molecule has 0 aliphatic heterocycles. The molecule has 0 spiro atoms. The Bertz CT molecular complexity index is 707. The monoisotopic (exact) mass is 366 g/mol. The Morgan fingerprint density at radius 1 is 1.16 bits per heavy atom. The fourth-order valence-corrected chi connectivity index (χ4v) is 2.09. The highest BCUT2D eigenvalue weighted by atomic mass is 127. The average Bonchev–Trinajstić information content (AvgIpc) is 2.80. The van der Waals surface area contributed by atoms with Gasteiger partial charge in [-0.1, -0.05) is 0 Å². The van der Waals surface area contributed by atoms with Crippen molar-refractivity contribution in [3.05, 3.63) is 51.9 Å². The number of oxazole rings is 1. The molecule has 0 saturated heterocycles. The summed E-state index contributed by atoms with van der Waals surface area (Å²) in [6.07, 6.45) is 0. The fraction of sp³-hybridized carbons (Fsp3) is 0.0714. The molecule has 0 unspecified atom stereocenters. The summed E-state index contributed by atoms with van der Waals surface area (Å²) in [5.74, 6) is 1.33. The minimum absolute atomic E-state index is 0.301. The number of hydrogen-bond acceptors (Lipinski definition) is 4.